The SMILES string of the molecule is CCc1csc(CNC(=O)C2CC3(CCNCC3)CN2C)n1.Cl.Cl. The summed E-state index contributed by atoms with van der Waals surface area (Å²) in [5.41, 5.74) is 1.46. The highest BCUT2D eigenvalue weighted by Crippen LogP contribution is 2.41. The number of aromatic nitrogens is 1. The Balaban J connectivity index is 0.00000144. The van der Waals surface area contributed by atoms with Crippen LogP contribution in [0.4, 0.5) is 0 Å². The Labute approximate surface area is 160 Å². The largest absolute Gasteiger partial charge is 0.348 e. The third-order valence-electron chi connectivity index (χ3n) is 5.09. The van der Waals surface area contributed by atoms with E-state index in [1.54, 1.807) is 11.3 Å². The zero-order chi connectivity index (χ0) is 15.6. The van der Waals surface area contributed by atoms with Crippen molar-refractivity contribution in [1.82, 2.24) is 20.5 Å². The highest BCUT2D eigenvalue weighted by molar-refractivity contribution is 7.09. The predicted octanol–water partition coefficient (Wildman–Crippen LogP) is 2.24. The van der Waals surface area contributed by atoms with Crippen molar-refractivity contribution < 1.29 is 4.79 Å². The summed E-state index contributed by atoms with van der Waals surface area (Å²) in [7, 11) is 2.08. The summed E-state index contributed by atoms with van der Waals surface area (Å²) in [6.07, 6.45) is 4.32. The normalized spacial score (nSPS) is 22.7. The molecule has 24 heavy (non-hydrogen) atoms. The molecular weight excluding hydrogens is 367 g/mol. The van der Waals surface area contributed by atoms with Gasteiger partial charge in [0.05, 0.1) is 18.3 Å². The smallest absolute Gasteiger partial charge is 0.237 e. The molecule has 3 heterocycles. The molecule has 1 spiro atoms. The first kappa shape index (κ1) is 21.6. The Kier molecular flexibility index (Phi) is 8.42. The fourth-order valence-corrected chi connectivity index (χ4v) is 4.57. The number of likely N-dealkylation sites (N-methyl/N-ethyl adjacent to an activating group) is 1. The molecule has 0 radical (unpaired) electrons. The lowest BCUT2D eigenvalue weighted by Gasteiger charge is -2.33. The first-order valence-corrected chi connectivity index (χ1v) is 9.12. The second-order valence-corrected chi connectivity index (χ2v) is 7.63. The van der Waals surface area contributed by atoms with Crippen LogP contribution in [-0.2, 0) is 17.8 Å². The van der Waals surface area contributed by atoms with E-state index in [0.29, 0.717) is 12.0 Å². The first-order valence-electron chi connectivity index (χ1n) is 8.24. The Hall–Kier alpha value is -0.400. The molecule has 1 amide bonds. The minimum atomic E-state index is 0. The molecule has 0 aromatic carbocycles. The summed E-state index contributed by atoms with van der Waals surface area (Å²) < 4.78 is 0. The monoisotopic (exact) mass is 394 g/mol. The zero-order valence-electron chi connectivity index (χ0n) is 14.3. The van der Waals surface area contributed by atoms with Crippen molar-refractivity contribution in [3.05, 3.63) is 16.1 Å². The number of likely N-dealkylation sites (tertiary alicyclic amines) is 1. The number of carbonyl (C=O) groups is 1. The highest BCUT2D eigenvalue weighted by atomic mass is 35.5. The number of piperidine rings is 1. The first-order chi connectivity index (χ1) is 10.6. The van der Waals surface area contributed by atoms with E-state index in [9.17, 15) is 4.79 Å². The van der Waals surface area contributed by atoms with Crippen LogP contribution in [-0.4, -0.2) is 48.5 Å². The van der Waals surface area contributed by atoms with Crippen molar-refractivity contribution in [3.63, 3.8) is 0 Å². The van der Waals surface area contributed by atoms with Crippen molar-refractivity contribution in [2.45, 2.75) is 45.2 Å². The van der Waals surface area contributed by atoms with Crippen molar-refractivity contribution in [2.75, 3.05) is 26.7 Å². The lowest BCUT2D eigenvalue weighted by molar-refractivity contribution is -0.125. The van der Waals surface area contributed by atoms with E-state index in [1.165, 1.54) is 12.8 Å². The van der Waals surface area contributed by atoms with Crippen LogP contribution < -0.4 is 10.6 Å². The summed E-state index contributed by atoms with van der Waals surface area (Å²) >= 11 is 1.63. The van der Waals surface area contributed by atoms with Crippen LogP contribution in [0.3, 0.4) is 0 Å². The lowest BCUT2D eigenvalue weighted by Crippen LogP contribution is -2.41. The van der Waals surface area contributed by atoms with Crippen molar-refractivity contribution in [3.8, 4) is 0 Å². The summed E-state index contributed by atoms with van der Waals surface area (Å²) in [6.45, 7) is 5.87. The Morgan fingerprint density at radius 2 is 2.17 bits per heavy atom. The van der Waals surface area contributed by atoms with Gasteiger partial charge in [0.1, 0.15) is 5.01 Å². The lowest BCUT2D eigenvalue weighted by atomic mass is 9.77. The van der Waals surface area contributed by atoms with Gasteiger partial charge in [-0.05, 0) is 51.2 Å². The maximum absolute atomic E-state index is 12.5. The molecule has 1 atom stereocenters. The highest BCUT2D eigenvalue weighted by Gasteiger charge is 2.45. The van der Waals surface area contributed by atoms with Gasteiger partial charge in [-0.2, -0.15) is 0 Å². The van der Waals surface area contributed by atoms with E-state index in [2.05, 4.69) is 39.9 Å². The number of rotatable bonds is 4. The van der Waals surface area contributed by atoms with Gasteiger partial charge < -0.3 is 10.6 Å². The minimum absolute atomic E-state index is 0. The molecule has 2 N–H and O–H groups in total. The van der Waals surface area contributed by atoms with E-state index in [-0.39, 0.29) is 36.8 Å². The van der Waals surface area contributed by atoms with Crippen LogP contribution in [0.5, 0.6) is 0 Å². The molecule has 1 aromatic rings. The maximum Gasteiger partial charge on any atom is 0.237 e. The van der Waals surface area contributed by atoms with Crippen molar-refractivity contribution in [2.24, 2.45) is 5.41 Å². The third kappa shape index (κ3) is 4.82. The van der Waals surface area contributed by atoms with Crippen LogP contribution >= 0.6 is 36.2 Å². The number of carbonyl (C=O) groups excluding carboxylic acids is 1. The van der Waals surface area contributed by atoms with Gasteiger partial charge in [0, 0.05) is 11.9 Å². The molecule has 1 unspecified atom stereocenters. The molecule has 0 bridgehead atoms. The van der Waals surface area contributed by atoms with E-state index < -0.39 is 0 Å². The van der Waals surface area contributed by atoms with Gasteiger partial charge in [-0.3, -0.25) is 9.69 Å². The Morgan fingerprint density at radius 3 is 2.79 bits per heavy atom. The summed E-state index contributed by atoms with van der Waals surface area (Å²) in [5, 5.41) is 9.58. The fraction of sp³-hybridized carbons (Fsp3) is 0.750. The predicted molar refractivity (Wildman–Crippen MR) is 103 cm³/mol. The number of hydrogen-bond acceptors (Lipinski definition) is 5. The van der Waals surface area contributed by atoms with Gasteiger partial charge in [0.2, 0.25) is 5.91 Å². The van der Waals surface area contributed by atoms with Gasteiger partial charge in [-0.1, -0.05) is 6.92 Å². The topological polar surface area (TPSA) is 57.3 Å². The molecule has 2 aliphatic rings. The molecule has 1 aromatic heterocycles. The number of hydrogen-bond donors (Lipinski definition) is 2. The molecule has 8 heteroatoms. The molecule has 0 saturated carbocycles. The number of nitrogens with zero attached hydrogens (tertiary/aromatic N) is 2. The number of aryl methyl sites for hydroxylation is 1. The van der Waals surface area contributed by atoms with Crippen molar-refractivity contribution in [1.29, 1.82) is 0 Å². The van der Waals surface area contributed by atoms with Gasteiger partial charge in [0.15, 0.2) is 0 Å². The van der Waals surface area contributed by atoms with Crippen LogP contribution in [0.15, 0.2) is 5.38 Å². The third-order valence-corrected chi connectivity index (χ3v) is 5.98. The van der Waals surface area contributed by atoms with E-state index in [0.717, 1.165) is 43.2 Å². The molecule has 2 fully saturated rings. The number of thiazole rings is 1. The van der Waals surface area contributed by atoms with Gasteiger partial charge >= 0.3 is 0 Å². The van der Waals surface area contributed by atoms with Crippen molar-refractivity contribution >= 4 is 42.1 Å². The number of halogens is 2. The molecule has 0 aliphatic carbocycles. The molecule has 2 aliphatic heterocycles. The number of amides is 1. The molecule has 138 valence electrons. The average Bonchev–Trinajstić information content (AvgIpc) is 3.10. The maximum atomic E-state index is 12.5. The molecule has 2 saturated heterocycles. The fourth-order valence-electron chi connectivity index (χ4n) is 3.76. The zero-order valence-corrected chi connectivity index (χ0v) is 16.8. The summed E-state index contributed by atoms with van der Waals surface area (Å²) in [5.74, 6) is 0.158. The standard InChI is InChI=1S/C16H26N4OS.2ClH/c1-3-12-10-22-14(19-12)9-18-15(21)13-8-16(11-20(13)2)4-6-17-7-5-16;;/h10,13,17H,3-9,11H2,1-2H3,(H,18,21);2*1H. The van der Waals surface area contributed by atoms with E-state index in [4.69, 9.17) is 0 Å². The van der Waals surface area contributed by atoms with E-state index in [1.807, 2.05) is 0 Å². The summed E-state index contributed by atoms with van der Waals surface area (Å²) in [6, 6.07) is 0.0173. The van der Waals surface area contributed by atoms with Gasteiger partial charge in [-0.25, -0.2) is 4.98 Å². The quantitative estimate of drug-likeness (QED) is 0.821. The Morgan fingerprint density at radius 1 is 1.46 bits per heavy atom. The average molecular weight is 395 g/mol. The van der Waals surface area contributed by atoms with E-state index >= 15 is 0 Å². The second-order valence-electron chi connectivity index (χ2n) is 6.69. The van der Waals surface area contributed by atoms with Crippen LogP contribution in [0, 0.1) is 5.41 Å². The molecular formula is C16H28Cl2N4OS. The van der Waals surface area contributed by atoms with Crippen LogP contribution in [0.2, 0.25) is 0 Å². The summed E-state index contributed by atoms with van der Waals surface area (Å²) in [4.78, 5) is 19.3. The minimum Gasteiger partial charge on any atom is -0.348 e. The number of nitrogens with one attached hydrogen (secondary N) is 2. The Bertz CT molecular complexity index is 534. The molecule has 3 rings (SSSR count). The van der Waals surface area contributed by atoms with Gasteiger partial charge in [0.25, 0.3) is 0 Å². The second kappa shape index (κ2) is 9.34. The van der Waals surface area contributed by atoms with Crippen LogP contribution in [0.25, 0.3) is 0 Å². The van der Waals surface area contributed by atoms with Gasteiger partial charge in [-0.15, -0.1) is 36.2 Å². The van der Waals surface area contributed by atoms with Crippen LogP contribution in [0.1, 0.15) is 36.9 Å². The molecule has 5 nitrogen and oxygen atoms in total.